The molecule has 0 aromatic heterocycles. The molecule has 1 aromatic carbocycles. The number of hydrogen-bond donors (Lipinski definition) is 4. The molecule has 0 radical (unpaired) electrons. The van der Waals surface area contributed by atoms with E-state index >= 15 is 0 Å². The van der Waals surface area contributed by atoms with Gasteiger partial charge >= 0.3 is 0 Å². The van der Waals surface area contributed by atoms with Crippen LogP contribution in [-0.2, 0) is 0 Å². The van der Waals surface area contributed by atoms with Crippen molar-refractivity contribution in [3.63, 3.8) is 0 Å². The normalized spacial score (nSPS) is 12.4. The Balaban J connectivity index is 2.48. The highest BCUT2D eigenvalue weighted by Crippen LogP contribution is 2.29. The molecule has 5 heteroatoms. The van der Waals surface area contributed by atoms with E-state index in [2.05, 4.69) is 12.2 Å². The van der Waals surface area contributed by atoms with Gasteiger partial charge in [0.1, 0.15) is 18.5 Å². The molecule has 0 aliphatic rings. The number of nitrogens with one attached hydrogen (secondary N) is 1. The zero-order valence-electron chi connectivity index (χ0n) is 11.1. The number of hydrogen-bond acceptors (Lipinski definition) is 5. The summed E-state index contributed by atoms with van der Waals surface area (Å²) < 4.78 is 5.50. The highest BCUT2D eigenvalue weighted by Gasteiger charge is 2.09. The second kappa shape index (κ2) is 7.08. The molecule has 18 heavy (non-hydrogen) atoms. The predicted octanol–water partition coefficient (Wildman–Crippen LogP) is 0.899. The highest BCUT2D eigenvalue weighted by atomic mass is 16.5. The topological polar surface area (TPSA) is 93.5 Å². The summed E-state index contributed by atoms with van der Waals surface area (Å²) in [7, 11) is 0. The Labute approximate surface area is 108 Å². The first-order valence-electron chi connectivity index (χ1n) is 6.21. The Kier molecular flexibility index (Phi) is 5.74. The SMILES string of the molecule is CCCNCC(O)COc1cc(C)cc(N)c1N. The molecule has 0 spiro atoms. The van der Waals surface area contributed by atoms with Gasteiger partial charge in [-0.25, -0.2) is 0 Å². The van der Waals surface area contributed by atoms with Gasteiger partial charge in [0.25, 0.3) is 0 Å². The van der Waals surface area contributed by atoms with Crippen LogP contribution in [0.5, 0.6) is 5.75 Å². The molecule has 1 unspecified atom stereocenters. The molecule has 0 fully saturated rings. The molecule has 1 aromatic rings. The summed E-state index contributed by atoms with van der Waals surface area (Å²) in [6.07, 6.45) is 0.479. The lowest BCUT2D eigenvalue weighted by atomic mass is 10.2. The van der Waals surface area contributed by atoms with Crippen molar-refractivity contribution in [3.05, 3.63) is 17.7 Å². The van der Waals surface area contributed by atoms with Crippen molar-refractivity contribution in [2.24, 2.45) is 0 Å². The van der Waals surface area contributed by atoms with E-state index in [0.717, 1.165) is 18.5 Å². The second-order valence-electron chi connectivity index (χ2n) is 4.43. The summed E-state index contributed by atoms with van der Waals surface area (Å²) in [4.78, 5) is 0. The average molecular weight is 253 g/mol. The van der Waals surface area contributed by atoms with Gasteiger partial charge in [-0.1, -0.05) is 6.92 Å². The number of benzene rings is 1. The summed E-state index contributed by atoms with van der Waals surface area (Å²) in [6.45, 7) is 5.59. The highest BCUT2D eigenvalue weighted by molar-refractivity contribution is 5.71. The van der Waals surface area contributed by atoms with Gasteiger partial charge in [-0.2, -0.15) is 0 Å². The van der Waals surface area contributed by atoms with E-state index in [1.165, 1.54) is 0 Å². The largest absolute Gasteiger partial charge is 0.489 e. The Morgan fingerprint density at radius 1 is 1.39 bits per heavy atom. The third-order valence-corrected chi connectivity index (χ3v) is 2.56. The summed E-state index contributed by atoms with van der Waals surface area (Å²) in [5.41, 5.74) is 13.5. The van der Waals surface area contributed by atoms with Crippen molar-refractivity contribution in [1.82, 2.24) is 5.32 Å². The van der Waals surface area contributed by atoms with Crippen molar-refractivity contribution in [3.8, 4) is 5.75 Å². The number of aryl methyl sites for hydroxylation is 1. The fourth-order valence-electron chi connectivity index (χ4n) is 1.60. The van der Waals surface area contributed by atoms with Crippen molar-refractivity contribution in [1.29, 1.82) is 0 Å². The van der Waals surface area contributed by atoms with Gasteiger partial charge in [-0.15, -0.1) is 0 Å². The van der Waals surface area contributed by atoms with E-state index in [1.807, 2.05) is 13.0 Å². The fraction of sp³-hybridized carbons (Fsp3) is 0.538. The minimum absolute atomic E-state index is 0.198. The molecule has 1 rings (SSSR count). The number of aliphatic hydroxyl groups excluding tert-OH is 1. The van der Waals surface area contributed by atoms with Crippen molar-refractivity contribution in [2.45, 2.75) is 26.4 Å². The van der Waals surface area contributed by atoms with Crippen LogP contribution in [0.1, 0.15) is 18.9 Å². The van der Waals surface area contributed by atoms with E-state index in [1.54, 1.807) is 6.07 Å². The number of rotatable bonds is 7. The quantitative estimate of drug-likeness (QED) is 0.428. The van der Waals surface area contributed by atoms with E-state index in [9.17, 15) is 5.11 Å². The lowest BCUT2D eigenvalue weighted by Crippen LogP contribution is -2.31. The summed E-state index contributed by atoms with van der Waals surface area (Å²) in [6, 6.07) is 3.61. The Morgan fingerprint density at radius 2 is 2.11 bits per heavy atom. The number of aliphatic hydroxyl groups is 1. The van der Waals surface area contributed by atoms with E-state index in [4.69, 9.17) is 16.2 Å². The molecule has 1 atom stereocenters. The molecule has 5 nitrogen and oxygen atoms in total. The first-order valence-corrected chi connectivity index (χ1v) is 6.21. The van der Waals surface area contributed by atoms with Gasteiger partial charge < -0.3 is 26.6 Å². The van der Waals surface area contributed by atoms with Crippen LogP contribution in [-0.4, -0.2) is 30.9 Å². The van der Waals surface area contributed by atoms with Crippen LogP contribution in [0.15, 0.2) is 12.1 Å². The second-order valence-corrected chi connectivity index (χ2v) is 4.43. The molecule has 0 aliphatic heterocycles. The lowest BCUT2D eigenvalue weighted by molar-refractivity contribution is 0.107. The zero-order chi connectivity index (χ0) is 13.5. The molecule has 0 saturated carbocycles. The number of ether oxygens (including phenoxy) is 1. The van der Waals surface area contributed by atoms with Gasteiger partial charge in [0.15, 0.2) is 0 Å². The van der Waals surface area contributed by atoms with Gasteiger partial charge in [0.2, 0.25) is 0 Å². The molecule has 0 bridgehead atoms. The first-order chi connectivity index (χ1) is 8.54. The van der Waals surface area contributed by atoms with Gasteiger partial charge in [-0.05, 0) is 37.6 Å². The third-order valence-electron chi connectivity index (χ3n) is 2.56. The minimum atomic E-state index is -0.558. The van der Waals surface area contributed by atoms with Crippen LogP contribution in [0.25, 0.3) is 0 Å². The van der Waals surface area contributed by atoms with Crippen molar-refractivity contribution < 1.29 is 9.84 Å². The maximum absolute atomic E-state index is 9.71. The van der Waals surface area contributed by atoms with Gasteiger partial charge in [0, 0.05) is 6.54 Å². The smallest absolute Gasteiger partial charge is 0.144 e. The number of nitrogens with two attached hydrogens (primary N) is 2. The van der Waals surface area contributed by atoms with E-state index in [0.29, 0.717) is 23.7 Å². The van der Waals surface area contributed by atoms with Crippen LogP contribution in [0.2, 0.25) is 0 Å². The van der Waals surface area contributed by atoms with Crippen LogP contribution >= 0.6 is 0 Å². The van der Waals surface area contributed by atoms with Crippen LogP contribution in [0.4, 0.5) is 11.4 Å². The average Bonchev–Trinajstić information content (AvgIpc) is 2.32. The zero-order valence-corrected chi connectivity index (χ0v) is 11.1. The standard InChI is InChI=1S/C13H23N3O2/c1-3-4-16-7-10(17)8-18-12-6-9(2)5-11(14)13(12)15/h5-6,10,16-17H,3-4,7-8,14-15H2,1-2H3. The van der Waals surface area contributed by atoms with Gasteiger partial charge in [-0.3, -0.25) is 0 Å². The van der Waals surface area contributed by atoms with Crippen LogP contribution in [0.3, 0.4) is 0 Å². The Morgan fingerprint density at radius 3 is 2.78 bits per heavy atom. The molecular formula is C13H23N3O2. The van der Waals surface area contributed by atoms with E-state index in [-0.39, 0.29) is 6.61 Å². The van der Waals surface area contributed by atoms with Gasteiger partial charge in [0.05, 0.1) is 11.4 Å². The third kappa shape index (κ3) is 4.43. The van der Waals surface area contributed by atoms with Crippen LogP contribution in [0, 0.1) is 6.92 Å². The molecule has 0 heterocycles. The summed E-state index contributed by atoms with van der Waals surface area (Å²) in [5, 5.41) is 12.8. The minimum Gasteiger partial charge on any atom is -0.489 e. The maximum atomic E-state index is 9.71. The number of nitrogen functional groups attached to an aromatic ring is 2. The fourth-order valence-corrected chi connectivity index (χ4v) is 1.60. The molecule has 102 valence electrons. The molecule has 0 saturated heterocycles. The molecule has 0 aliphatic carbocycles. The van der Waals surface area contributed by atoms with Crippen molar-refractivity contribution in [2.75, 3.05) is 31.2 Å². The Hall–Kier alpha value is -1.46. The molecule has 0 amide bonds. The number of anilines is 2. The Bertz CT molecular complexity index is 383. The monoisotopic (exact) mass is 253 g/mol. The lowest BCUT2D eigenvalue weighted by Gasteiger charge is -2.15. The summed E-state index contributed by atoms with van der Waals surface area (Å²) >= 11 is 0. The summed E-state index contributed by atoms with van der Waals surface area (Å²) in [5.74, 6) is 0.530. The van der Waals surface area contributed by atoms with Crippen molar-refractivity contribution >= 4 is 11.4 Å². The molecular weight excluding hydrogens is 230 g/mol. The van der Waals surface area contributed by atoms with E-state index < -0.39 is 6.10 Å². The maximum Gasteiger partial charge on any atom is 0.144 e. The first kappa shape index (κ1) is 14.6. The predicted molar refractivity (Wildman–Crippen MR) is 74.7 cm³/mol. The molecule has 6 N–H and O–H groups in total. The van der Waals surface area contributed by atoms with Crippen LogP contribution < -0.4 is 21.5 Å².